The van der Waals surface area contributed by atoms with Crippen LogP contribution in [-0.4, -0.2) is 38.6 Å². The van der Waals surface area contributed by atoms with Crippen molar-refractivity contribution in [1.29, 1.82) is 0 Å². The first kappa shape index (κ1) is 17.3. The average molecular weight is 392 g/mol. The predicted octanol–water partition coefficient (Wildman–Crippen LogP) is 3.72. The number of nitrogens with two attached hydrogens (primary N) is 1. The van der Waals surface area contributed by atoms with Gasteiger partial charge in [-0.25, -0.2) is 9.97 Å². The molecule has 26 heavy (non-hydrogen) atoms. The Morgan fingerprint density at radius 3 is 2.77 bits per heavy atom. The van der Waals surface area contributed by atoms with E-state index in [9.17, 15) is 0 Å². The van der Waals surface area contributed by atoms with Crippen LogP contribution in [0, 0.1) is 0 Å². The fourth-order valence-corrected chi connectivity index (χ4v) is 3.31. The molecule has 0 radical (unpaired) electrons. The van der Waals surface area contributed by atoms with Gasteiger partial charge in [-0.15, -0.1) is 0 Å². The van der Waals surface area contributed by atoms with Crippen LogP contribution in [0.1, 0.15) is 19.8 Å². The molecule has 136 valence electrons. The molecule has 3 aromatic rings. The summed E-state index contributed by atoms with van der Waals surface area (Å²) in [5, 5.41) is 4.05. The predicted molar refractivity (Wildman–Crippen MR) is 105 cm³/mol. The molecule has 1 fully saturated rings. The first-order valence-electron chi connectivity index (χ1n) is 8.39. The van der Waals surface area contributed by atoms with Crippen molar-refractivity contribution < 1.29 is 0 Å². The van der Waals surface area contributed by atoms with E-state index >= 15 is 0 Å². The van der Waals surface area contributed by atoms with Gasteiger partial charge >= 0.3 is 0 Å². The summed E-state index contributed by atoms with van der Waals surface area (Å²) in [5.74, 6) is 1.32. The van der Waals surface area contributed by atoms with Gasteiger partial charge < -0.3 is 20.9 Å². The number of aromatic amines is 1. The minimum atomic E-state index is -0.105. The number of piperidine rings is 1. The third-order valence-electron chi connectivity index (χ3n) is 4.62. The lowest BCUT2D eigenvalue weighted by molar-refractivity contribution is 0.362. The number of hydrogen-bond acceptors (Lipinski definition) is 6. The van der Waals surface area contributed by atoms with Gasteiger partial charge in [0.05, 0.1) is 21.9 Å². The Balaban J connectivity index is 1.57. The number of fused-ring (bicyclic) bond motifs is 1. The number of hydrogen-bond donors (Lipinski definition) is 3. The van der Waals surface area contributed by atoms with E-state index < -0.39 is 0 Å². The Labute approximate surface area is 160 Å². The van der Waals surface area contributed by atoms with E-state index in [2.05, 4.69) is 37.1 Å². The molecule has 1 saturated heterocycles. The van der Waals surface area contributed by atoms with Crippen molar-refractivity contribution in [1.82, 2.24) is 19.9 Å². The second kappa shape index (κ2) is 6.57. The number of rotatable bonds is 3. The summed E-state index contributed by atoms with van der Waals surface area (Å²) in [7, 11) is 0. The van der Waals surface area contributed by atoms with Gasteiger partial charge in [0.15, 0.2) is 11.5 Å². The molecule has 2 aromatic heterocycles. The zero-order chi connectivity index (χ0) is 18.3. The number of aromatic nitrogens is 4. The first-order valence-corrected chi connectivity index (χ1v) is 9.14. The monoisotopic (exact) mass is 391 g/mol. The highest BCUT2D eigenvalue weighted by Gasteiger charge is 2.27. The summed E-state index contributed by atoms with van der Waals surface area (Å²) in [6.07, 6.45) is 3.48. The molecule has 0 spiro atoms. The van der Waals surface area contributed by atoms with E-state index in [-0.39, 0.29) is 5.54 Å². The van der Waals surface area contributed by atoms with Crippen LogP contribution in [0.25, 0.3) is 11.3 Å². The molecule has 0 aliphatic carbocycles. The Morgan fingerprint density at radius 1 is 1.23 bits per heavy atom. The number of imidazole rings is 1. The maximum absolute atomic E-state index is 6.21. The van der Waals surface area contributed by atoms with Crippen molar-refractivity contribution in [2.24, 2.45) is 5.73 Å². The minimum Gasteiger partial charge on any atom is -0.342 e. The number of benzene rings is 1. The molecule has 9 heteroatoms. The molecular formula is C17H19Cl2N7. The lowest BCUT2D eigenvalue weighted by Gasteiger charge is -2.36. The molecule has 4 rings (SSSR count). The van der Waals surface area contributed by atoms with Gasteiger partial charge in [-0.2, -0.15) is 4.98 Å². The van der Waals surface area contributed by atoms with Crippen molar-refractivity contribution in [3.05, 3.63) is 34.4 Å². The van der Waals surface area contributed by atoms with Gasteiger partial charge in [-0.3, -0.25) is 0 Å². The van der Waals surface area contributed by atoms with Crippen molar-refractivity contribution in [3.63, 3.8) is 0 Å². The summed E-state index contributed by atoms with van der Waals surface area (Å²) >= 11 is 12.3. The molecule has 1 aliphatic heterocycles. The zero-order valence-corrected chi connectivity index (χ0v) is 15.8. The highest BCUT2D eigenvalue weighted by molar-refractivity contribution is 6.43. The Bertz CT molecular complexity index is 943. The van der Waals surface area contributed by atoms with Crippen LogP contribution in [0.15, 0.2) is 24.4 Å². The first-order chi connectivity index (χ1) is 12.4. The van der Waals surface area contributed by atoms with Gasteiger partial charge in [0, 0.05) is 18.6 Å². The van der Waals surface area contributed by atoms with Crippen LogP contribution in [0.3, 0.4) is 0 Å². The maximum atomic E-state index is 6.21. The van der Waals surface area contributed by atoms with E-state index in [1.165, 1.54) is 0 Å². The quantitative estimate of drug-likeness (QED) is 0.629. The zero-order valence-electron chi connectivity index (χ0n) is 14.3. The van der Waals surface area contributed by atoms with E-state index in [0.29, 0.717) is 32.8 Å². The number of H-pyrrole nitrogens is 1. The number of halogens is 2. The SMILES string of the molecule is CC1(N)CCN(c2nc3nc(Nc4cccc(Cl)c4Cl)cnc3[nH]2)CC1. The molecular weight excluding hydrogens is 373 g/mol. The minimum absolute atomic E-state index is 0.105. The molecule has 0 atom stereocenters. The summed E-state index contributed by atoms with van der Waals surface area (Å²) < 4.78 is 0. The lowest BCUT2D eigenvalue weighted by Crippen LogP contribution is -2.48. The largest absolute Gasteiger partial charge is 0.342 e. The molecule has 0 bridgehead atoms. The molecule has 7 nitrogen and oxygen atoms in total. The van der Waals surface area contributed by atoms with Gasteiger partial charge in [0.2, 0.25) is 11.6 Å². The van der Waals surface area contributed by atoms with Crippen LogP contribution in [0.5, 0.6) is 0 Å². The lowest BCUT2D eigenvalue weighted by atomic mass is 9.91. The average Bonchev–Trinajstić information content (AvgIpc) is 3.02. The van der Waals surface area contributed by atoms with Gasteiger partial charge in [-0.05, 0) is 31.9 Å². The topological polar surface area (TPSA) is 95.8 Å². The van der Waals surface area contributed by atoms with Gasteiger partial charge in [0.25, 0.3) is 0 Å². The second-order valence-electron chi connectivity index (χ2n) is 6.86. The molecule has 4 N–H and O–H groups in total. The van der Waals surface area contributed by atoms with Gasteiger partial charge in [-0.1, -0.05) is 29.3 Å². The van der Waals surface area contributed by atoms with Crippen molar-refractivity contribution >= 4 is 51.9 Å². The van der Waals surface area contributed by atoms with Crippen molar-refractivity contribution in [3.8, 4) is 0 Å². The van der Waals surface area contributed by atoms with Crippen LogP contribution < -0.4 is 16.0 Å². The molecule has 1 aliphatic rings. The molecule has 1 aromatic carbocycles. The van der Waals surface area contributed by atoms with E-state index in [0.717, 1.165) is 31.9 Å². The van der Waals surface area contributed by atoms with Crippen LogP contribution in [-0.2, 0) is 0 Å². The smallest absolute Gasteiger partial charge is 0.206 e. The standard InChI is InChI=1S/C17H19Cl2N7/c1-17(20)5-7-26(8-6-17)16-24-14-15(25-16)23-12(9-21-14)22-11-4-2-3-10(18)13(11)19/h2-4,9H,5-8,20H2,1H3,(H2,21,22,23,24,25). The van der Waals surface area contributed by atoms with Crippen molar-refractivity contribution in [2.75, 3.05) is 23.3 Å². The van der Waals surface area contributed by atoms with Crippen LogP contribution in [0.4, 0.5) is 17.5 Å². The second-order valence-corrected chi connectivity index (χ2v) is 7.64. The Hall–Kier alpha value is -2.09. The third-order valence-corrected chi connectivity index (χ3v) is 5.43. The molecule has 0 unspecified atom stereocenters. The Morgan fingerprint density at radius 2 is 2.00 bits per heavy atom. The fourth-order valence-electron chi connectivity index (χ4n) is 2.96. The fraction of sp³-hybridized carbons (Fsp3) is 0.353. The van der Waals surface area contributed by atoms with Gasteiger partial charge in [0.1, 0.15) is 0 Å². The molecule has 0 amide bonds. The summed E-state index contributed by atoms with van der Waals surface area (Å²) in [6, 6.07) is 5.37. The summed E-state index contributed by atoms with van der Waals surface area (Å²) in [6.45, 7) is 3.80. The third kappa shape index (κ3) is 3.42. The highest BCUT2D eigenvalue weighted by atomic mass is 35.5. The maximum Gasteiger partial charge on any atom is 0.206 e. The number of nitrogens with one attached hydrogen (secondary N) is 2. The Kier molecular flexibility index (Phi) is 4.38. The van der Waals surface area contributed by atoms with Crippen LogP contribution in [0.2, 0.25) is 10.0 Å². The number of anilines is 3. The van der Waals surface area contributed by atoms with E-state index in [1.54, 1.807) is 12.3 Å². The molecule has 0 saturated carbocycles. The van der Waals surface area contributed by atoms with E-state index in [1.807, 2.05) is 12.1 Å². The van der Waals surface area contributed by atoms with Crippen LogP contribution >= 0.6 is 23.2 Å². The van der Waals surface area contributed by atoms with Crippen molar-refractivity contribution in [2.45, 2.75) is 25.3 Å². The molecule has 3 heterocycles. The normalized spacial score (nSPS) is 16.8. The highest BCUT2D eigenvalue weighted by Crippen LogP contribution is 2.31. The van der Waals surface area contributed by atoms with E-state index in [4.69, 9.17) is 28.9 Å². The summed E-state index contributed by atoms with van der Waals surface area (Å²) in [5.41, 5.74) is 7.95. The number of nitrogens with zero attached hydrogens (tertiary/aromatic N) is 4. The summed E-state index contributed by atoms with van der Waals surface area (Å²) in [4.78, 5) is 18.9.